The summed E-state index contributed by atoms with van der Waals surface area (Å²) < 4.78 is 37.7. The van der Waals surface area contributed by atoms with Gasteiger partial charge in [0, 0.05) is 16.8 Å². The van der Waals surface area contributed by atoms with Gasteiger partial charge in [0.15, 0.2) is 10.8 Å². The summed E-state index contributed by atoms with van der Waals surface area (Å²) >= 11 is 7.13. The molecule has 7 nitrogen and oxygen atoms in total. The molecule has 3 rings (SSSR count). The van der Waals surface area contributed by atoms with Crippen LogP contribution in [0.5, 0.6) is 0 Å². The van der Waals surface area contributed by atoms with Crippen LogP contribution in [0.25, 0.3) is 0 Å². The third-order valence-corrected chi connectivity index (χ3v) is 4.76. The van der Waals surface area contributed by atoms with Crippen molar-refractivity contribution in [2.75, 3.05) is 11.1 Å². The van der Waals surface area contributed by atoms with Gasteiger partial charge in [0.25, 0.3) is 5.91 Å². The van der Waals surface area contributed by atoms with Crippen molar-refractivity contribution in [2.24, 2.45) is 0 Å². The molecule has 2 aromatic heterocycles. The first-order valence-electron chi connectivity index (χ1n) is 7.67. The number of aromatic nitrogens is 3. The van der Waals surface area contributed by atoms with Gasteiger partial charge in [0.1, 0.15) is 17.2 Å². The molecule has 0 bridgehead atoms. The van der Waals surface area contributed by atoms with E-state index >= 15 is 0 Å². The molecule has 0 fully saturated rings. The molecule has 146 valence electrons. The fourth-order valence-corrected chi connectivity index (χ4v) is 3.06. The summed E-state index contributed by atoms with van der Waals surface area (Å²) in [5.74, 6) is -0.521. The molecule has 1 aromatic carbocycles. The van der Waals surface area contributed by atoms with Gasteiger partial charge in [0.05, 0.1) is 12.1 Å². The van der Waals surface area contributed by atoms with Gasteiger partial charge in [-0.25, -0.2) is 15.0 Å². The monoisotopic (exact) mass is 428 g/mol. The Hall–Kier alpha value is -2.92. The molecule has 3 aromatic rings. The minimum Gasteiger partial charge on any atom is -0.382 e. The first-order valence-corrected chi connectivity index (χ1v) is 8.86. The molecular weight excluding hydrogens is 417 g/mol. The number of nitrogens with zero attached hydrogens (tertiary/aromatic N) is 3. The number of hydrogen-bond donors (Lipinski definition) is 3. The van der Waals surface area contributed by atoms with Gasteiger partial charge in [-0.3, -0.25) is 4.79 Å². The fraction of sp³-hybridized carbons (Fsp3) is 0.125. The second-order valence-corrected chi connectivity index (χ2v) is 6.93. The molecule has 4 N–H and O–H groups in total. The quantitative estimate of drug-likeness (QED) is 0.569. The second-order valence-electron chi connectivity index (χ2n) is 5.44. The van der Waals surface area contributed by atoms with E-state index in [0.717, 1.165) is 18.5 Å². The summed E-state index contributed by atoms with van der Waals surface area (Å²) in [5.41, 5.74) is 5.22. The SMILES string of the molecule is Nc1ncnc(C(=O)NCc2cnc(Nc3ccc(C(F)(F)F)cc3)s2)c1Cl. The lowest BCUT2D eigenvalue weighted by Crippen LogP contribution is -2.24. The molecule has 0 aliphatic carbocycles. The van der Waals surface area contributed by atoms with Gasteiger partial charge in [-0.2, -0.15) is 13.2 Å². The van der Waals surface area contributed by atoms with E-state index in [9.17, 15) is 18.0 Å². The number of anilines is 3. The average molecular weight is 429 g/mol. The lowest BCUT2D eigenvalue weighted by molar-refractivity contribution is -0.137. The zero-order valence-corrected chi connectivity index (χ0v) is 15.5. The Kier molecular flexibility index (Phi) is 5.66. The number of nitrogens with one attached hydrogen (secondary N) is 2. The Balaban J connectivity index is 1.60. The Morgan fingerprint density at radius 2 is 1.89 bits per heavy atom. The summed E-state index contributed by atoms with van der Waals surface area (Å²) in [5, 5.41) is 5.97. The molecule has 0 aliphatic rings. The molecule has 0 spiro atoms. The molecule has 28 heavy (non-hydrogen) atoms. The highest BCUT2D eigenvalue weighted by Crippen LogP contribution is 2.31. The van der Waals surface area contributed by atoms with E-state index < -0.39 is 17.6 Å². The summed E-state index contributed by atoms with van der Waals surface area (Å²) in [4.78, 5) is 24.4. The predicted molar refractivity (Wildman–Crippen MR) is 99.5 cm³/mol. The summed E-state index contributed by atoms with van der Waals surface area (Å²) in [6.07, 6.45) is -1.72. The largest absolute Gasteiger partial charge is 0.416 e. The summed E-state index contributed by atoms with van der Waals surface area (Å²) in [7, 11) is 0. The number of halogens is 4. The standard InChI is InChI=1S/C16H12ClF3N6OS/c17-11-12(24-7-25-13(11)21)14(27)22-5-10-6-23-15(28-10)26-9-3-1-8(2-4-9)16(18,19)20/h1-4,6-7H,5H2,(H,22,27)(H,23,26)(H2,21,24,25). The van der Waals surface area contributed by atoms with E-state index in [4.69, 9.17) is 17.3 Å². The molecule has 0 atom stereocenters. The number of carbonyl (C=O) groups excluding carboxylic acids is 1. The van der Waals surface area contributed by atoms with Gasteiger partial charge < -0.3 is 16.4 Å². The maximum absolute atomic E-state index is 12.6. The lowest BCUT2D eigenvalue weighted by atomic mass is 10.2. The zero-order valence-electron chi connectivity index (χ0n) is 13.9. The average Bonchev–Trinajstić information content (AvgIpc) is 3.09. The van der Waals surface area contributed by atoms with Crippen LogP contribution in [0.15, 0.2) is 36.8 Å². The van der Waals surface area contributed by atoms with Crippen molar-refractivity contribution in [1.29, 1.82) is 0 Å². The van der Waals surface area contributed by atoms with E-state index in [0.29, 0.717) is 15.7 Å². The number of rotatable bonds is 5. The van der Waals surface area contributed by atoms with E-state index in [1.54, 1.807) is 0 Å². The minimum absolute atomic E-state index is 0.00244. The second kappa shape index (κ2) is 7.98. The Morgan fingerprint density at radius 1 is 1.18 bits per heavy atom. The number of nitrogen functional groups attached to an aromatic ring is 1. The first kappa shape index (κ1) is 19.8. The number of carbonyl (C=O) groups is 1. The topological polar surface area (TPSA) is 106 Å². The van der Waals surface area contributed by atoms with Crippen molar-refractivity contribution < 1.29 is 18.0 Å². The number of benzene rings is 1. The molecule has 0 aliphatic heterocycles. The van der Waals surface area contributed by atoms with Crippen LogP contribution < -0.4 is 16.4 Å². The molecule has 2 heterocycles. The van der Waals surface area contributed by atoms with Crippen LogP contribution in [0.3, 0.4) is 0 Å². The lowest BCUT2D eigenvalue weighted by Gasteiger charge is -2.07. The summed E-state index contributed by atoms with van der Waals surface area (Å²) in [6, 6.07) is 4.59. The molecule has 12 heteroatoms. The Bertz CT molecular complexity index is 993. The predicted octanol–water partition coefficient (Wildman–Crippen LogP) is 3.86. The molecule has 0 unspecified atom stereocenters. The van der Waals surface area contributed by atoms with Crippen LogP contribution in [0.4, 0.5) is 29.8 Å². The Morgan fingerprint density at radius 3 is 2.57 bits per heavy atom. The Labute approximate surface area is 165 Å². The van der Waals surface area contributed by atoms with Crippen LogP contribution in [0.2, 0.25) is 5.02 Å². The van der Waals surface area contributed by atoms with Gasteiger partial charge in [-0.15, -0.1) is 0 Å². The molecular formula is C16H12ClF3N6OS. The van der Waals surface area contributed by atoms with E-state index in [1.807, 2.05) is 0 Å². The highest BCUT2D eigenvalue weighted by atomic mass is 35.5. The van der Waals surface area contributed by atoms with Crippen LogP contribution >= 0.6 is 22.9 Å². The van der Waals surface area contributed by atoms with Crippen molar-refractivity contribution in [3.63, 3.8) is 0 Å². The van der Waals surface area contributed by atoms with E-state index in [2.05, 4.69) is 25.6 Å². The van der Waals surface area contributed by atoms with Gasteiger partial charge in [-0.1, -0.05) is 22.9 Å². The van der Waals surface area contributed by atoms with Gasteiger partial charge >= 0.3 is 6.18 Å². The third-order valence-electron chi connectivity index (χ3n) is 3.47. The van der Waals surface area contributed by atoms with Crippen LogP contribution in [0, 0.1) is 0 Å². The van der Waals surface area contributed by atoms with Crippen molar-refractivity contribution in [3.8, 4) is 0 Å². The smallest absolute Gasteiger partial charge is 0.382 e. The summed E-state index contributed by atoms with van der Waals surface area (Å²) in [6.45, 7) is 0.158. The minimum atomic E-state index is -4.39. The van der Waals surface area contributed by atoms with Crippen LogP contribution in [-0.2, 0) is 12.7 Å². The van der Waals surface area contributed by atoms with Crippen molar-refractivity contribution in [2.45, 2.75) is 12.7 Å². The highest BCUT2D eigenvalue weighted by Gasteiger charge is 2.29. The first-order chi connectivity index (χ1) is 13.2. The number of amides is 1. The number of thiazole rings is 1. The van der Waals surface area contributed by atoms with Crippen molar-refractivity contribution in [3.05, 3.63) is 57.9 Å². The van der Waals surface area contributed by atoms with E-state index in [-0.39, 0.29) is 23.1 Å². The number of nitrogens with two attached hydrogens (primary N) is 1. The fourth-order valence-electron chi connectivity index (χ4n) is 2.11. The maximum Gasteiger partial charge on any atom is 0.416 e. The van der Waals surface area contributed by atoms with Crippen LogP contribution in [0.1, 0.15) is 20.9 Å². The molecule has 0 saturated carbocycles. The maximum atomic E-state index is 12.6. The third kappa shape index (κ3) is 4.67. The van der Waals surface area contributed by atoms with Gasteiger partial charge in [0.2, 0.25) is 0 Å². The highest BCUT2D eigenvalue weighted by molar-refractivity contribution is 7.15. The van der Waals surface area contributed by atoms with E-state index in [1.165, 1.54) is 29.7 Å². The number of hydrogen-bond acceptors (Lipinski definition) is 7. The zero-order chi connectivity index (χ0) is 20.3. The van der Waals surface area contributed by atoms with Crippen LogP contribution in [-0.4, -0.2) is 20.9 Å². The molecule has 1 amide bonds. The molecule has 0 radical (unpaired) electrons. The number of alkyl halides is 3. The van der Waals surface area contributed by atoms with Crippen molar-refractivity contribution >= 4 is 45.5 Å². The van der Waals surface area contributed by atoms with Gasteiger partial charge in [-0.05, 0) is 24.3 Å². The van der Waals surface area contributed by atoms with Crippen molar-refractivity contribution in [1.82, 2.24) is 20.3 Å². The molecule has 0 saturated heterocycles. The normalized spacial score (nSPS) is 11.3.